The molecule has 0 aromatic heterocycles. The number of carbonyl (C=O) groups excluding carboxylic acids is 1. The highest BCUT2D eigenvalue weighted by Gasteiger charge is 2.29. The van der Waals surface area contributed by atoms with E-state index in [9.17, 15) is 4.79 Å². The molecule has 1 fully saturated rings. The third-order valence-electron chi connectivity index (χ3n) is 3.49. The number of benzene rings is 1. The summed E-state index contributed by atoms with van der Waals surface area (Å²) in [6.07, 6.45) is 2.02. The molecule has 0 heterocycles. The Morgan fingerprint density at radius 1 is 1.44 bits per heavy atom. The first-order valence-electron chi connectivity index (χ1n) is 6.13. The number of carbonyl (C=O) groups is 1. The molecule has 0 radical (unpaired) electrons. The Bertz CT molecular complexity index is 455. The van der Waals surface area contributed by atoms with Crippen molar-refractivity contribution in [3.63, 3.8) is 0 Å². The Kier molecular flexibility index (Phi) is 4.18. The number of aryl methyl sites for hydroxylation is 1. The van der Waals surface area contributed by atoms with Gasteiger partial charge in [0.25, 0.3) is 5.91 Å². The second-order valence-electron chi connectivity index (χ2n) is 5.08. The second kappa shape index (κ2) is 5.50. The van der Waals surface area contributed by atoms with Gasteiger partial charge in [-0.1, -0.05) is 17.7 Å². The average Bonchev–Trinajstić information content (AvgIpc) is 2.29. The second-order valence-corrected chi connectivity index (χ2v) is 6.13. The lowest BCUT2D eigenvalue weighted by atomic mass is 9.84. The number of amides is 1. The lowest BCUT2D eigenvalue weighted by molar-refractivity contribution is 0.0746. The molecule has 1 aromatic carbocycles. The van der Waals surface area contributed by atoms with Gasteiger partial charge in [-0.05, 0) is 43.4 Å². The van der Waals surface area contributed by atoms with Gasteiger partial charge in [0.1, 0.15) is 0 Å². The predicted octanol–water partition coefficient (Wildman–Crippen LogP) is 3.74. The summed E-state index contributed by atoms with van der Waals surface area (Å²) in [5, 5.41) is 0.897. The van der Waals surface area contributed by atoms with Gasteiger partial charge >= 0.3 is 0 Å². The van der Waals surface area contributed by atoms with Crippen molar-refractivity contribution in [3.05, 3.63) is 34.3 Å². The molecular weight excluding hydrogens is 269 g/mol. The van der Waals surface area contributed by atoms with Crippen molar-refractivity contribution in [2.24, 2.45) is 5.92 Å². The molecule has 0 atom stereocenters. The zero-order valence-electron chi connectivity index (χ0n) is 10.6. The minimum atomic E-state index is 0.0352. The fourth-order valence-electron chi connectivity index (χ4n) is 2.30. The van der Waals surface area contributed by atoms with Gasteiger partial charge in [0, 0.05) is 29.6 Å². The molecule has 1 aliphatic carbocycles. The van der Waals surface area contributed by atoms with Crippen LogP contribution in [0.25, 0.3) is 0 Å². The Labute approximate surface area is 118 Å². The van der Waals surface area contributed by atoms with Crippen molar-refractivity contribution in [2.45, 2.75) is 25.1 Å². The Morgan fingerprint density at radius 3 is 2.72 bits per heavy atom. The third kappa shape index (κ3) is 2.99. The topological polar surface area (TPSA) is 20.3 Å². The zero-order chi connectivity index (χ0) is 13.3. The first kappa shape index (κ1) is 13.7. The maximum atomic E-state index is 12.3. The fourth-order valence-corrected chi connectivity index (χ4v) is 2.98. The molecule has 98 valence electrons. The summed E-state index contributed by atoms with van der Waals surface area (Å²) in [6.45, 7) is 2.70. The molecule has 18 heavy (non-hydrogen) atoms. The SMILES string of the molecule is Cc1ccc(Cl)cc1C(=O)N(C)CC1CC(Cl)C1. The summed E-state index contributed by atoms with van der Waals surface area (Å²) in [7, 11) is 1.84. The first-order chi connectivity index (χ1) is 8.47. The summed E-state index contributed by atoms with van der Waals surface area (Å²) in [5.41, 5.74) is 1.65. The number of hydrogen-bond acceptors (Lipinski definition) is 1. The average molecular weight is 286 g/mol. The summed E-state index contributed by atoms with van der Waals surface area (Å²) < 4.78 is 0. The van der Waals surface area contributed by atoms with Crippen molar-refractivity contribution < 1.29 is 4.79 Å². The number of halogens is 2. The lowest BCUT2D eigenvalue weighted by Crippen LogP contribution is -2.38. The number of nitrogens with zero attached hydrogens (tertiary/aromatic N) is 1. The smallest absolute Gasteiger partial charge is 0.253 e. The van der Waals surface area contributed by atoms with E-state index in [1.807, 2.05) is 20.0 Å². The minimum absolute atomic E-state index is 0.0352. The normalized spacial score (nSPS) is 22.4. The predicted molar refractivity (Wildman–Crippen MR) is 75.5 cm³/mol. The van der Waals surface area contributed by atoms with Crippen LogP contribution >= 0.6 is 23.2 Å². The van der Waals surface area contributed by atoms with Gasteiger partial charge in [0.05, 0.1) is 0 Å². The van der Waals surface area contributed by atoms with E-state index >= 15 is 0 Å². The standard InChI is InChI=1S/C14H17Cl2NO/c1-9-3-4-11(15)7-13(9)14(18)17(2)8-10-5-12(16)6-10/h3-4,7,10,12H,5-6,8H2,1-2H3. The molecule has 4 heteroatoms. The zero-order valence-corrected chi connectivity index (χ0v) is 12.1. The Morgan fingerprint density at radius 2 is 2.11 bits per heavy atom. The molecule has 1 aromatic rings. The summed E-state index contributed by atoms with van der Waals surface area (Å²) >= 11 is 11.9. The molecule has 0 bridgehead atoms. The number of rotatable bonds is 3. The van der Waals surface area contributed by atoms with Crippen LogP contribution in [-0.2, 0) is 0 Å². The van der Waals surface area contributed by atoms with Crippen LogP contribution in [0.15, 0.2) is 18.2 Å². The van der Waals surface area contributed by atoms with Gasteiger partial charge in [-0.25, -0.2) is 0 Å². The maximum absolute atomic E-state index is 12.3. The highest BCUT2D eigenvalue weighted by atomic mass is 35.5. The van der Waals surface area contributed by atoms with E-state index in [2.05, 4.69) is 0 Å². The maximum Gasteiger partial charge on any atom is 0.253 e. The van der Waals surface area contributed by atoms with E-state index in [-0.39, 0.29) is 5.91 Å². The molecule has 1 aliphatic rings. The quantitative estimate of drug-likeness (QED) is 0.775. The summed E-state index contributed by atoms with van der Waals surface area (Å²) in [5.74, 6) is 0.578. The molecule has 1 saturated carbocycles. The molecule has 2 rings (SSSR count). The highest BCUT2D eigenvalue weighted by molar-refractivity contribution is 6.31. The van der Waals surface area contributed by atoms with Gasteiger partial charge in [-0.15, -0.1) is 11.6 Å². The van der Waals surface area contributed by atoms with Crippen LogP contribution in [-0.4, -0.2) is 29.8 Å². The third-order valence-corrected chi connectivity index (χ3v) is 4.08. The molecule has 2 nitrogen and oxygen atoms in total. The van der Waals surface area contributed by atoms with Crippen LogP contribution in [0.1, 0.15) is 28.8 Å². The molecule has 0 saturated heterocycles. The lowest BCUT2D eigenvalue weighted by Gasteiger charge is -2.34. The van der Waals surface area contributed by atoms with E-state index < -0.39 is 0 Å². The Balaban J connectivity index is 2.03. The van der Waals surface area contributed by atoms with Gasteiger partial charge in [0.15, 0.2) is 0 Å². The molecule has 0 aliphatic heterocycles. The summed E-state index contributed by atoms with van der Waals surface area (Å²) in [4.78, 5) is 14.1. The molecule has 0 unspecified atom stereocenters. The first-order valence-corrected chi connectivity index (χ1v) is 6.94. The van der Waals surface area contributed by atoms with Crippen molar-refractivity contribution in [3.8, 4) is 0 Å². The van der Waals surface area contributed by atoms with Crippen molar-refractivity contribution in [1.82, 2.24) is 4.90 Å². The van der Waals surface area contributed by atoms with Crippen LogP contribution < -0.4 is 0 Å². The monoisotopic (exact) mass is 285 g/mol. The minimum Gasteiger partial charge on any atom is -0.341 e. The van der Waals surface area contributed by atoms with Crippen LogP contribution in [0.4, 0.5) is 0 Å². The van der Waals surface area contributed by atoms with Crippen LogP contribution in [0.3, 0.4) is 0 Å². The van der Waals surface area contributed by atoms with Crippen LogP contribution in [0.2, 0.25) is 5.02 Å². The van der Waals surface area contributed by atoms with Crippen LogP contribution in [0.5, 0.6) is 0 Å². The largest absolute Gasteiger partial charge is 0.341 e. The van der Waals surface area contributed by atoms with Gasteiger partial charge in [-0.2, -0.15) is 0 Å². The number of alkyl halides is 1. The van der Waals surface area contributed by atoms with Crippen molar-refractivity contribution in [1.29, 1.82) is 0 Å². The van der Waals surface area contributed by atoms with Gasteiger partial charge < -0.3 is 4.90 Å². The van der Waals surface area contributed by atoms with Gasteiger partial charge in [0.2, 0.25) is 0 Å². The highest BCUT2D eigenvalue weighted by Crippen LogP contribution is 2.32. The van der Waals surface area contributed by atoms with Crippen LogP contribution in [0, 0.1) is 12.8 Å². The summed E-state index contributed by atoms with van der Waals surface area (Å²) in [6, 6.07) is 5.42. The van der Waals surface area contributed by atoms with E-state index in [4.69, 9.17) is 23.2 Å². The molecule has 1 amide bonds. The van der Waals surface area contributed by atoms with E-state index in [1.54, 1.807) is 17.0 Å². The molecular formula is C14H17Cl2NO. The van der Waals surface area contributed by atoms with Crippen molar-refractivity contribution in [2.75, 3.05) is 13.6 Å². The molecule has 0 spiro atoms. The van der Waals surface area contributed by atoms with Crippen molar-refractivity contribution >= 4 is 29.1 Å². The van der Waals surface area contributed by atoms with E-state index in [0.717, 1.165) is 24.9 Å². The fraction of sp³-hybridized carbons (Fsp3) is 0.500. The van der Waals surface area contributed by atoms with E-state index in [0.29, 0.717) is 21.9 Å². The van der Waals surface area contributed by atoms with E-state index in [1.165, 1.54) is 0 Å². The van der Waals surface area contributed by atoms with Gasteiger partial charge in [-0.3, -0.25) is 4.79 Å². The molecule has 0 N–H and O–H groups in total. The Hall–Kier alpha value is -0.730. The number of hydrogen-bond donors (Lipinski definition) is 0.